The van der Waals surface area contributed by atoms with Crippen molar-refractivity contribution < 1.29 is 19.5 Å². The van der Waals surface area contributed by atoms with Crippen molar-refractivity contribution in [2.45, 2.75) is 32.6 Å². The molecule has 0 aromatic heterocycles. The van der Waals surface area contributed by atoms with E-state index in [2.05, 4.69) is 0 Å². The zero-order chi connectivity index (χ0) is 13.5. The summed E-state index contributed by atoms with van der Waals surface area (Å²) in [6.07, 6.45) is 1.46. The summed E-state index contributed by atoms with van der Waals surface area (Å²) in [5, 5.41) is 8.51. The molecule has 0 spiro atoms. The summed E-state index contributed by atoms with van der Waals surface area (Å²) in [5.41, 5.74) is 0. The molecule has 1 N–H and O–H groups in total. The second-order valence-corrected chi connectivity index (χ2v) is 4.49. The lowest BCUT2D eigenvalue weighted by Gasteiger charge is -2.21. The number of aliphatic carboxylic acids is 1. The molecule has 0 aliphatic carbocycles. The molecule has 6 heteroatoms. The van der Waals surface area contributed by atoms with Gasteiger partial charge in [0.1, 0.15) is 0 Å². The summed E-state index contributed by atoms with van der Waals surface area (Å²) >= 11 is 0. The summed E-state index contributed by atoms with van der Waals surface area (Å²) in [6.45, 7) is 3.99. The first-order chi connectivity index (χ1) is 8.50. The molecule has 1 aliphatic rings. The number of carbonyl (C=O) groups is 3. The second kappa shape index (κ2) is 6.98. The molecule has 0 unspecified atom stereocenters. The van der Waals surface area contributed by atoms with Gasteiger partial charge in [-0.2, -0.15) is 0 Å². The lowest BCUT2D eigenvalue weighted by molar-refractivity contribution is -0.137. The highest BCUT2D eigenvalue weighted by molar-refractivity contribution is 5.77. The molecule has 0 atom stereocenters. The fourth-order valence-electron chi connectivity index (χ4n) is 2.03. The van der Waals surface area contributed by atoms with Crippen LogP contribution in [0.25, 0.3) is 0 Å². The van der Waals surface area contributed by atoms with Crippen LogP contribution in [0.3, 0.4) is 0 Å². The van der Waals surface area contributed by atoms with Crippen molar-refractivity contribution in [1.82, 2.24) is 9.80 Å². The van der Waals surface area contributed by atoms with Crippen molar-refractivity contribution >= 4 is 17.8 Å². The number of amides is 2. The van der Waals surface area contributed by atoms with Crippen molar-refractivity contribution in [3.63, 3.8) is 0 Å². The van der Waals surface area contributed by atoms with E-state index in [0.29, 0.717) is 32.6 Å². The Morgan fingerprint density at radius 1 is 1.00 bits per heavy atom. The SMILES string of the molecule is CC(=O)N1CCCN(C(=O)CCCC(=O)O)CC1. The molecule has 102 valence electrons. The second-order valence-electron chi connectivity index (χ2n) is 4.49. The van der Waals surface area contributed by atoms with Crippen LogP contribution in [-0.4, -0.2) is 58.9 Å². The van der Waals surface area contributed by atoms with Crippen LogP contribution in [0.4, 0.5) is 0 Å². The molecular weight excluding hydrogens is 236 g/mol. The lowest BCUT2D eigenvalue weighted by atomic mass is 10.2. The Kier molecular flexibility index (Phi) is 5.61. The van der Waals surface area contributed by atoms with Gasteiger partial charge >= 0.3 is 5.97 Å². The Bertz CT molecular complexity index is 330. The molecule has 1 heterocycles. The first-order valence-electron chi connectivity index (χ1n) is 6.26. The Morgan fingerprint density at radius 2 is 1.61 bits per heavy atom. The van der Waals surface area contributed by atoms with Gasteiger partial charge in [0.25, 0.3) is 0 Å². The van der Waals surface area contributed by atoms with Crippen molar-refractivity contribution in [3.05, 3.63) is 0 Å². The van der Waals surface area contributed by atoms with Gasteiger partial charge in [0.15, 0.2) is 0 Å². The van der Waals surface area contributed by atoms with Gasteiger partial charge in [0.2, 0.25) is 11.8 Å². The van der Waals surface area contributed by atoms with E-state index in [4.69, 9.17) is 5.11 Å². The number of nitrogens with zero attached hydrogens (tertiary/aromatic N) is 2. The Morgan fingerprint density at radius 3 is 2.22 bits per heavy atom. The molecule has 1 saturated heterocycles. The average molecular weight is 256 g/mol. The minimum atomic E-state index is -0.874. The summed E-state index contributed by atoms with van der Waals surface area (Å²) in [6, 6.07) is 0. The predicted molar refractivity (Wildman–Crippen MR) is 64.9 cm³/mol. The molecule has 1 rings (SSSR count). The maximum Gasteiger partial charge on any atom is 0.303 e. The number of carboxylic acid groups (broad SMARTS) is 1. The zero-order valence-corrected chi connectivity index (χ0v) is 10.7. The predicted octanol–water partition coefficient (Wildman–Crippen LogP) is 0.322. The largest absolute Gasteiger partial charge is 0.481 e. The monoisotopic (exact) mass is 256 g/mol. The normalized spacial score (nSPS) is 16.3. The summed E-state index contributed by atoms with van der Waals surface area (Å²) in [5.74, 6) is -0.849. The molecule has 1 fully saturated rings. The summed E-state index contributed by atoms with van der Waals surface area (Å²) < 4.78 is 0. The van der Waals surface area contributed by atoms with Crippen LogP contribution in [0, 0.1) is 0 Å². The van der Waals surface area contributed by atoms with E-state index in [1.54, 1.807) is 9.80 Å². The van der Waals surface area contributed by atoms with E-state index in [-0.39, 0.29) is 24.7 Å². The third-order valence-corrected chi connectivity index (χ3v) is 3.08. The van der Waals surface area contributed by atoms with Crippen molar-refractivity contribution in [2.75, 3.05) is 26.2 Å². The molecule has 0 saturated carbocycles. The average Bonchev–Trinajstić information content (AvgIpc) is 2.53. The molecule has 18 heavy (non-hydrogen) atoms. The van der Waals surface area contributed by atoms with Crippen LogP contribution < -0.4 is 0 Å². The number of rotatable bonds is 4. The van der Waals surface area contributed by atoms with Crippen molar-refractivity contribution in [1.29, 1.82) is 0 Å². The zero-order valence-electron chi connectivity index (χ0n) is 10.7. The van der Waals surface area contributed by atoms with E-state index in [1.807, 2.05) is 0 Å². The topological polar surface area (TPSA) is 77.9 Å². The van der Waals surface area contributed by atoms with Gasteiger partial charge in [-0.05, 0) is 12.8 Å². The summed E-state index contributed by atoms with van der Waals surface area (Å²) in [7, 11) is 0. The highest BCUT2D eigenvalue weighted by atomic mass is 16.4. The smallest absolute Gasteiger partial charge is 0.303 e. The van der Waals surface area contributed by atoms with E-state index in [1.165, 1.54) is 6.92 Å². The Labute approximate surface area is 107 Å². The van der Waals surface area contributed by atoms with E-state index in [0.717, 1.165) is 6.42 Å². The number of hydrogen-bond donors (Lipinski definition) is 1. The van der Waals surface area contributed by atoms with E-state index >= 15 is 0 Å². The lowest BCUT2D eigenvalue weighted by Crippen LogP contribution is -2.36. The molecule has 1 aliphatic heterocycles. The molecule has 6 nitrogen and oxygen atoms in total. The van der Waals surface area contributed by atoms with Crippen molar-refractivity contribution in [3.8, 4) is 0 Å². The Balaban J connectivity index is 2.35. The quantitative estimate of drug-likeness (QED) is 0.786. The van der Waals surface area contributed by atoms with Crippen LogP contribution in [0.1, 0.15) is 32.6 Å². The van der Waals surface area contributed by atoms with E-state index < -0.39 is 5.97 Å². The van der Waals surface area contributed by atoms with Crippen LogP contribution in [0.15, 0.2) is 0 Å². The minimum Gasteiger partial charge on any atom is -0.481 e. The molecule has 0 radical (unpaired) electrons. The van der Waals surface area contributed by atoms with Gasteiger partial charge in [-0.1, -0.05) is 0 Å². The minimum absolute atomic E-state index is 0.0124. The van der Waals surface area contributed by atoms with Crippen LogP contribution in [0.5, 0.6) is 0 Å². The van der Waals surface area contributed by atoms with Crippen LogP contribution >= 0.6 is 0 Å². The summed E-state index contributed by atoms with van der Waals surface area (Å²) in [4.78, 5) is 36.9. The number of carboxylic acids is 1. The molecule has 0 aromatic rings. The number of hydrogen-bond acceptors (Lipinski definition) is 3. The first-order valence-corrected chi connectivity index (χ1v) is 6.26. The van der Waals surface area contributed by atoms with Crippen molar-refractivity contribution in [2.24, 2.45) is 0 Å². The number of carbonyl (C=O) groups excluding carboxylic acids is 2. The van der Waals surface area contributed by atoms with Crippen LogP contribution in [0.2, 0.25) is 0 Å². The van der Waals surface area contributed by atoms with Gasteiger partial charge in [0, 0.05) is 45.9 Å². The fourth-order valence-corrected chi connectivity index (χ4v) is 2.03. The first kappa shape index (κ1) is 14.5. The molecule has 2 amide bonds. The third-order valence-electron chi connectivity index (χ3n) is 3.08. The molecule has 0 aromatic carbocycles. The Hall–Kier alpha value is -1.59. The van der Waals surface area contributed by atoms with Gasteiger partial charge in [0.05, 0.1) is 0 Å². The molecular formula is C12H20N2O4. The third kappa shape index (κ3) is 4.73. The van der Waals surface area contributed by atoms with Gasteiger partial charge < -0.3 is 14.9 Å². The maximum absolute atomic E-state index is 11.8. The highest BCUT2D eigenvalue weighted by Gasteiger charge is 2.19. The highest BCUT2D eigenvalue weighted by Crippen LogP contribution is 2.07. The van der Waals surface area contributed by atoms with Gasteiger partial charge in [-0.3, -0.25) is 14.4 Å². The maximum atomic E-state index is 11.8. The van der Waals surface area contributed by atoms with Gasteiger partial charge in [-0.25, -0.2) is 0 Å². The van der Waals surface area contributed by atoms with Gasteiger partial charge in [-0.15, -0.1) is 0 Å². The standard InChI is InChI=1S/C12H20N2O4/c1-10(15)13-6-3-7-14(9-8-13)11(16)4-2-5-12(17)18/h2-9H2,1H3,(H,17,18). The fraction of sp³-hybridized carbons (Fsp3) is 0.750. The molecule has 0 bridgehead atoms. The van der Waals surface area contributed by atoms with E-state index in [9.17, 15) is 14.4 Å². The van der Waals surface area contributed by atoms with Crippen LogP contribution in [-0.2, 0) is 14.4 Å².